The lowest BCUT2D eigenvalue weighted by Gasteiger charge is -2.07. The first-order valence-corrected chi connectivity index (χ1v) is 5.63. The number of carbonyl (C=O) groups excluding carboxylic acids is 2. The third-order valence-electron chi connectivity index (χ3n) is 2.02. The molecule has 0 aromatic heterocycles. The van der Waals surface area contributed by atoms with E-state index in [0.717, 1.165) is 6.42 Å². The largest absolute Gasteiger partial charge is 0.385 e. The Hall–Kier alpha value is -1.10. The topological polar surface area (TPSA) is 67.4 Å². The van der Waals surface area contributed by atoms with Crippen LogP contribution in [0, 0.1) is 5.92 Å². The Morgan fingerprint density at radius 2 is 1.69 bits per heavy atom. The van der Waals surface area contributed by atoms with Crippen molar-refractivity contribution in [3.63, 3.8) is 0 Å². The Bertz CT molecular complexity index is 217. The fourth-order valence-corrected chi connectivity index (χ4v) is 1.05. The van der Waals surface area contributed by atoms with Crippen LogP contribution in [0.2, 0.25) is 0 Å². The van der Waals surface area contributed by atoms with Gasteiger partial charge in [-0.1, -0.05) is 13.8 Å². The molecule has 5 nitrogen and oxygen atoms in total. The minimum Gasteiger partial charge on any atom is -0.385 e. The Morgan fingerprint density at radius 1 is 1.12 bits per heavy atom. The highest BCUT2D eigenvalue weighted by atomic mass is 16.5. The molecule has 5 heteroatoms. The standard InChI is InChI=1S/C11H22N2O3/c1-9(2)5-7-13-11(15)10(14)12-6-4-8-16-3/h9H,4-8H2,1-3H3,(H,12,14)(H,13,15). The summed E-state index contributed by atoms with van der Waals surface area (Å²) in [4.78, 5) is 22.5. The van der Waals surface area contributed by atoms with Crippen LogP contribution in [0.4, 0.5) is 0 Å². The van der Waals surface area contributed by atoms with Gasteiger partial charge >= 0.3 is 11.8 Å². The molecule has 2 N–H and O–H groups in total. The zero-order chi connectivity index (χ0) is 12.4. The molecular weight excluding hydrogens is 208 g/mol. The number of hydrogen-bond donors (Lipinski definition) is 2. The van der Waals surface area contributed by atoms with Gasteiger partial charge in [0.25, 0.3) is 0 Å². The highest BCUT2D eigenvalue weighted by Crippen LogP contribution is 1.95. The van der Waals surface area contributed by atoms with Gasteiger partial charge < -0.3 is 15.4 Å². The van der Waals surface area contributed by atoms with E-state index >= 15 is 0 Å². The maximum Gasteiger partial charge on any atom is 0.309 e. The van der Waals surface area contributed by atoms with Gasteiger partial charge in [0.1, 0.15) is 0 Å². The van der Waals surface area contributed by atoms with Gasteiger partial charge in [-0.2, -0.15) is 0 Å². The number of hydrogen-bond acceptors (Lipinski definition) is 3. The van der Waals surface area contributed by atoms with Crippen LogP contribution in [0.15, 0.2) is 0 Å². The fraction of sp³-hybridized carbons (Fsp3) is 0.818. The first kappa shape index (κ1) is 14.9. The van der Waals surface area contributed by atoms with E-state index in [1.165, 1.54) is 0 Å². The summed E-state index contributed by atoms with van der Waals surface area (Å²) in [5.74, 6) is -0.608. The maximum absolute atomic E-state index is 11.2. The molecule has 0 heterocycles. The SMILES string of the molecule is COCCCNC(=O)C(=O)NCCC(C)C. The molecule has 0 atom stereocenters. The van der Waals surface area contributed by atoms with E-state index in [1.807, 2.05) is 0 Å². The lowest BCUT2D eigenvalue weighted by atomic mass is 10.1. The third kappa shape index (κ3) is 8.23. The zero-order valence-electron chi connectivity index (χ0n) is 10.3. The average Bonchev–Trinajstić information content (AvgIpc) is 2.23. The van der Waals surface area contributed by atoms with Crippen molar-refractivity contribution in [1.82, 2.24) is 10.6 Å². The minimum atomic E-state index is -0.570. The summed E-state index contributed by atoms with van der Waals surface area (Å²) >= 11 is 0. The van der Waals surface area contributed by atoms with Crippen LogP contribution in [0.1, 0.15) is 26.7 Å². The van der Waals surface area contributed by atoms with Gasteiger partial charge in [0, 0.05) is 26.8 Å². The number of nitrogens with one attached hydrogen (secondary N) is 2. The van der Waals surface area contributed by atoms with Crippen LogP contribution >= 0.6 is 0 Å². The summed E-state index contributed by atoms with van der Waals surface area (Å²) in [6.07, 6.45) is 1.59. The van der Waals surface area contributed by atoms with E-state index in [-0.39, 0.29) is 0 Å². The number of rotatable bonds is 7. The highest BCUT2D eigenvalue weighted by Gasteiger charge is 2.11. The average molecular weight is 230 g/mol. The molecule has 0 radical (unpaired) electrons. The minimum absolute atomic E-state index is 0.463. The second-order valence-corrected chi connectivity index (χ2v) is 4.04. The quantitative estimate of drug-likeness (QED) is 0.488. The van der Waals surface area contributed by atoms with Crippen LogP contribution in [0.3, 0.4) is 0 Å². The summed E-state index contributed by atoms with van der Waals surface area (Å²) in [5, 5.41) is 5.10. The Balaban J connectivity index is 3.54. The van der Waals surface area contributed by atoms with Gasteiger partial charge in [0.05, 0.1) is 0 Å². The molecule has 0 spiro atoms. The van der Waals surface area contributed by atoms with E-state index < -0.39 is 11.8 Å². The van der Waals surface area contributed by atoms with Crippen molar-refractivity contribution in [2.24, 2.45) is 5.92 Å². The molecule has 0 aromatic rings. The molecule has 0 bridgehead atoms. The van der Waals surface area contributed by atoms with Crippen molar-refractivity contribution in [1.29, 1.82) is 0 Å². The summed E-state index contributed by atoms with van der Waals surface area (Å²) < 4.78 is 4.82. The smallest absolute Gasteiger partial charge is 0.309 e. The molecule has 0 unspecified atom stereocenters. The van der Waals surface area contributed by atoms with Crippen LogP contribution in [-0.2, 0) is 14.3 Å². The molecule has 0 fully saturated rings. The van der Waals surface area contributed by atoms with Gasteiger partial charge in [0.2, 0.25) is 0 Å². The van der Waals surface area contributed by atoms with Crippen molar-refractivity contribution < 1.29 is 14.3 Å². The maximum atomic E-state index is 11.2. The molecule has 94 valence electrons. The van der Waals surface area contributed by atoms with Crippen LogP contribution in [0.5, 0.6) is 0 Å². The van der Waals surface area contributed by atoms with Gasteiger partial charge in [-0.05, 0) is 18.8 Å². The van der Waals surface area contributed by atoms with Crippen molar-refractivity contribution in [3.05, 3.63) is 0 Å². The van der Waals surface area contributed by atoms with Gasteiger partial charge in [0.15, 0.2) is 0 Å². The second-order valence-electron chi connectivity index (χ2n) is 4.04. The van der Waals surface area contributed by atoms with Gasteiger partial charge in [-0.15, -0.1) is 0 Å². The number of methoxy groups -OCH3 is 1. The van der Waals surface area contributed by atoms with Crippen molar-refractivity contribution >= 4 is 11.8 Å². The summed E-state index contributed by atoms with van der Waals surface area (Å²) in [7, 11) is 1.60. The summed E-state index contributed by atoms with van der Waals surface area (Å²) in [5.41, 5.74) is 0. The van der Waals surface area contributed by atoms with E-state index in [0.29, 0.717) is 32.0 Å². The van der Waals surface area contributed by atoms with E-state index in [4.69, 9.17) is 4.74 Å². The number of ether oxygens (including phenoxy) is 1. The van der Waals surface area contributed by atoms with E-state index in [1.54, 1.807) is 7.11 Å². The zero-order valence-corrected chi connectivity index (χ0v) is 10.3. The molecule has 0 aromatic carbocycles. The van der Waals surface area contributed by atoms with Gasteiger partial charge in [-0.3, -0.25) is 9.59 Å². The van der Waals surface area contributed by atoms with E-state index in [9.17, 15) is 9.59 Å². The highest BCUT2D eigenvalue weighted by molar-refractivity contribution is 6.35. The first-order chi connectivity index (χ1) is 7.57. The summed E-state index contributed by atoms with van der Waals surface area (Å²) in [6, 6.07) is 0. The Labute approximate surface area is 96.9 Å². The predicted molar refractivity (Wildman–Crippen MR) is 62.0 cm³/mol. The van der Waals surface area contributed by atoms with Gasteiger partial charge in [-0.25, -0.2) is 0 Å². The predicted octanol–water partition coefficient (Wildman–Crippen LogP) is 0.301. The lowest BCUT2D eigenvalue weighted by Crippen LogP contribution is -2.40. The van der Waals surface area contributed by atoms with Crippen LogP contribution in [0.25, 0.3) is 0 Å². The molecule has 0 saturated carbocycles. The molecule has 2 amide bonds. The fourth-order valence-electron chi connectivity index (χ4n) is 1.05. The number of amides is 2. The Kier molecular flexibility index (Phi) is 8.52. The molecule has 0 aliphatic rings. The van der Waals surface area contributed by atoms with Crippen molar-refractivity contribution in [2.75, 3.05) is 26.8 Å². The second kappa shape index (κ2) is 9.15. The van der Waals surface area contributed by atoms with E-state index in [2.05, 4.69) is 24.5 Å². The molecule has 16 heavy (non-hydrogen) atoms. The molecule has 0 aliphatic carbocycles. The molecule has 0 saturated heterocycles. The monoisotopic (exact) mass is 230 g/mol. The van der Waals surface area contributed by atoms with Crippen LogP contribution < -0.4 is 10.6 Å². The lowest BCUT2D eigenvalue weighted by molar-refractivity contribution is -0.139. The normalized spacial score (nSPS) is 10.2. The van der Waals surface area contributed by atoms with Crippen LogP contribution in [-0.4, -0.2) is 38.6 Å². The molecular formula is C11H22N2O3. The van der Waals surface area contributed by atoms with Crippen molar-refractivity contribution in [2.45, 2.75) is 26.7 Å². The molecule has 0 rings (SSSR count). The summed E-state index contributed by atoms with van der Waals surface area (Å²) in [6.45, 7) is 5.72. The Morgan fingerprint density at radius 3 is 2.19 bits per heavy atom. The first-order valence-electron chi connectivity index (χ1n) is 5.63. The van der Waals surface area contributed by atoms with Crippen molar-refractivity contribution in [3.8, 4) is 0 Å². The molecule has 0 aliphatic heterocycles. The third-order valence-corrected chi connectivity index (χ3v) is 2.02. The number of carbonyl (C=O) groups is 2.